The number of Topliss-reactive ketones (excluding diaryl/α,β-unsaturated/α-hetero) is 1. The number of amides is 1. The van der Waals surface area contributed by atoms with Gasteiger partial charge in [-0.25, -0.2) is 4.39 Å². The fourth-order valence-electron chi connectivity index (χ4n) is 4.48. The molecule has 176 valence electrons. The first kappa shape index (κ1) is 23.4. The summed E-state index contributed by atoms with van der Waals surface area (Å²) in [6.45, 7) is 7.80. The Bertz CT molecular complexity index is 1310. The second-order valence-corrected chi connectivity index (χ2v) is 8.44. The number of carbonyl (C=O) groups is 2. The number of hydrogen-bond donors (Lipinski definition) is 1. The highest BCUT2D eigenvalue weighted by atomic mass is 19.1. The first-order valence-electron chi connectivity index (χ1n) is 11.6. The van der Waals surface area contributed by atoms with Crippen molar-refractivity contribution in [2.24, 2.45) is 0 Å². The second kappa shape index (κ2) is 9.63. The predicted octanol–water partition coefficient (Wildman–Crippen LogP) is 4.90. The molecule has 7 heteroatoms. The van der Waals surface area contributed by atoms with E-state index in [1.807, 2.05) is 25.1 Å². The highest BCUT2D eigenvalue weighted by molar-refractivity contribution is 6.07. The lowest BCUT2D eigenvalue weighted by Crippen LogP contribution is -2.33. The Labute approximate surface area is 198 Å². The molecule has 0 aliphatic heterocycles. The molecule has 0 atom stereocenters. The smallest absolute Gasteiger partial charge is 0.268 e. The summed E-state index contributed by atoms with van der Waals surface area (Å²) < 4.78 is 14.9. The summed E-state index contributed by atoms with van der Waals surface area (Å²) in [7, 11) is 0. The highest BCUT2D eigenvalue weighted by Crippen LogP contribution is 2.26. The number of nitrogens with zero attached hydrogens (tertiary/aromatic N) is 2. The lowest BCUT2D eigenvalue weighted by atomic mass is 9.92. The number of nitrogens with one attached hydrogen (secondary N) is 1. The van der Waals surface area contributed by atoms with E-state index in [1.54, 1.807) is 0 Å². The Balaban J connectivity index is 1.76. The highest BCUT2D eigenvalue weighted by Gasteiger charge is 2.26. The Kier molecular flexibility index (Phi) is 6.63. The van der Waals surface area contributed by atoms with Crippen LogP contribution in [0.4, 0.5) is 15.8 Å². The molecule has 34 heavy (non-hydrogen) atoms. The fraction of sp³-hybridized carbons (Fsp3) is 0.296. The molecule has 0 saturated heterocycles. The van der Waals surface area contributed by atoms with Crippen LogP contribution in [-0.4, -0.2) is 29.3 Å². The van der Waals surface area contributed by atoms with E-state index in [4.69, 9.17) is 0 Å². The van der Waals surface area contributed by atoms with Crippen LogP contribution in [0, 0.1) is 12.7 Å². The standard InChI is InChI=1S/C27H28FN3O3/c1-4-30(5-2)20-13-14-23(17(3)15-20)29-26(33)22-16-21-24(7-6-8-25(21)32)31(27(22)34)19-11-9-18(28)10-12-19/h9-16H,4-8H2,1-3H3,(H,29,33). The van der Waals surface area contributed by atoms with Crippen LogP contribution in [0.2, 0.25) is 0 Å². The summed E-state index contributed by atoms with van der Waals surface area (Å²) in [4.78, 5) is 41.6. The minimum atomic E-state index is -0.583. The Morgan fingerprint density at radius 1 is 1.03 bits per heavy atom. The molecule has 0 bridgehead atoms. The quantitative estimate of drug-likeness (QED) is 0.567. The van der Waals surface area contributed by atoms with Gasteiger partial charge in [0.2, 0.25) is 0 Å². The third-order valence-electron chi connectivity index (χ3n) is 6.34. The molecule has 0 fully saturated rings. The van der Waals surface area contributed by atoms with Crippen LogP contribution in [0.15, 0.2) is 53.3 Å². The maximum absolute atomic E-state index is 13.5. The normalized spacial score (nSPS) is 12.9. The number of hydrogen-bond acceptors (Lipinski definition) is 4. The first-order chi connectivity index (χ1) is 16.3. The molecule has 1 heterocycles. The van der Waals surface area contributed by atoms with Gasteiger partial charge in [-0.05, 0) is 87.7 Å². The zero-order valence-corrected chi connectivity index (χ0v) is 19.7. The van der Waals surface area contributed by atoms with Crippen LogP contribution in [0.1, 0.15) is 58.7 Å². The maximum atomic E-state index is 13.5. The number of rotatable bonds is 6. The number of fused-ring (bicyclic) bond motifs is 1. The minimum absolute atomic E-state index is 0.106. The number of anilines is 2. The number of benzene rings is 2. The molecular formula is C27H28FN3O3. The SMILES string of the molecule is CCN(CC)c1ccc(NC(=O)c2cc3c(n(-c4ccc(F)cc4)c2=O)CCCC3=O)c(C)c1. The van der Waals surface area contributed by atoms with E-state index in [0.29, 0.717) is 41.9 Å². The second-order valence-electron chi connectivity index (χ2n) is 8.44. The monoisotopic (exact) mass is 461 g/mol. The molecule has 0 unspecified atom stereocenters. The van der Waals surface area contributed by atoms with E-state index in [0.717, 1.165) is 24.3 Å². The predicted molar refractivity (Wildman–Crippen MR) is 132 cm³/mol. The van der Waals surface area contributed by atoms with Gasteiger partial charge in [0.15, 0.2) is 5.78 Å². The van der Waals surface area contributed by atoms with Gasteiger partial charge in [-0.2, -0.15) is 0 Å². The van der Waals surface area contributed by atoms with Gasteiger partial charge in [-0.1, -0.05) is 0 Å². The molecule has 1 aliphatic carbocycles. The van der Waals surface area contributed by atoms with Gasteiger partial charge in [0.05, 0.1) is 0 Å². The third kappa shape index (κ3) is 4.38. The molecule has 1 aliphatic rings. The first-order valence-corrected chi connectivity index (χ1v) is 11.6. The van der Waals surface area contributed by atoms with Crippen molar-refractivity contribution in [3.8, 4) is 5.69 Å². The molecule has 1 aromatic heterocycles. The van der Waals surface area contributed by atoms with Crippen LogP contribution < -0.4 is 15.8 Å². The van der Waals surface area contributed by atoms with Crippen molar-refractivity contribution in [3.05, 3.63) is 87.1 Å². The van der Waals surface area contributed by atoms with Crippen LogP contribution in [-0.2, 0) is 6.42 Å². The van der Waals surface area contributed by atoms with Gasteiger partial charge in [0, 0.05) is 47.8 Å². The average molecular weight is 462 g/mol. The number of aromatic nitrogens is 1. The van der Waals surface area contributed by atoms with Crippen LogP contribution in [0.5, 0.6) is 0 Å². The van der Waals surface area contributed by atoms with Gasteiger partial charge in [0.1, 0.15) is 11.4 Å². The molecule has 0 spiro atoms. The van der Waals surface area contributed by atoms with Crippen molar-refractivity contribution < 1.29 is 14.0 Å². The number of aryl methyl sites for hydroxylation is 1. The summed E-state index contributed by atoms with van der Waals surface area (Å²) in [6.07, 6.45) is 1.51. The lowest BCUT2D eigenvalue weighted by Gasteiger charge is -2.23. The summed E-state index contributed by atoms with van der Waals surface area (Å²) in [5, 5.41) is 2.84. The Morgan fingerprint density at radius 3 is 2.38 bits per heavy atom. The van der Waals surface area contributed by atoms with Gasteiger partial charge < -0.3 is 10.2 Å². The third-order valence-corrected chi connectivity index (χ3v) is 6.34. The van der Waals surface area contributed by atoms with Crippen molar-refractivity contribution in [3.63, 3.8) is 0 Å². The summed E-state index contributed by atoms with van der Waals surface area (Å²) >= 11 is 0. The van der Waals surface area contributed by atoms with Gasteiger partial charge in [-0.15, -0.1) is 0 Å². The van der Waals surface area contributed by atoms with Crippen LogP contribution in [0.3, 0.4) is 0 Å². The summed E-state index contributed by atoms with van der Waals surface area (Å²) in [5.74, 6) is -1.12. The number of pyridine rings is 1. The van der Waals surface area contributed by atoms with E-state index in [9.17, 15) is 18.8 Å². The Morgan fingerprint density at radius 2 is 1.74 bits per heavy atom. The molecule has 4 rings (SSSR count). The number of carbonyl (C=O) groups excluding carboxylic acids is 2. The van der Waals surface area contributed by atoms with Crippen molar-refractivity contribution >= 4 is 23.1 Å². The van der Waals surface area contributed by atoms with Crippen molar-refractivity contribution in [1.29, 1.82) is 0 Å². The number of halogens is 1. The molecule has 1 amide bonds. The van der Waals surface area contributed by atoms with Crippen molar-refractivity contribution in [2.75, 3.05) is 23.3 Å². The number of ketones is 1. The van der Waals surface area contributed by atoms with Crippen molar-refractivity contribution in [1.82, 2.24) is 4.57 Å². The minimum Gasteiger partial charge on any atom is -0.372 e. The maximum Gasteiger partial charge on any atom is 0.268 e. The van der Waals surface area contributed by atoms with E-state index < -0.39 is 17.3 Å². The van der Waals surface area contributed by atoms with Gasteiger partial charge in [0.25, 0.3) is 11.5 Å². The molecule has 0 saturated carbocycles. The molecule has 1 N–H and O–H groups in total. The molecular weight excluding hydrogens is 433 g/mol. The topological polar surface area (TPSA) is 71.4 Å². The van der Waals surface area contributed by atoms with Gasteiger partial charge in [-0.3, -0.25) is 19.0 Å². The van der Waals surface area contributed by atoms with E-state index in [1.165, 1.54) is 34.9 Å². The zero-order valence-electron chi connectivity index (χ0n) is 19.7. The Hall–Kier alpha value is -3.74. The average Bonchev–Trinajstić information content (AvgIpc) is 2.82. The van der Waals surface area contributed by atoms with Crippen LogP contribution in [0.25, 0.3) is 5.69 Å². The van der Waals surface area contributed by atoms with Crippen LogP contribution >= 0.6 is 0 Å². The summed E-state index contributed by atoms with van der Waals surface area (Å²) in [5.41, 5.74) is 3.22. The largest absolute Gasteiger partial charge is 0.372 e. The summed E-state index contributed by atoms with van der Waals surface area (Å²) in [6, 6.07) is 12.6. The van der Waals surface area contributed by atoms with E-state index in [-0.39, 0.29) is 11.3 Å². The fourth-order valence-corrected chi connectivity index (χ4v) is 4.48. The lowest BCUT2D eigenvalue weighted by molar-refractivity contribution is 0.0971. The van der Waals surface area contributed by atoms with E-state index in [2.05, 4.69) is 24.1 Å². The molecule has 6 nitrogen and oxygen atoms in total. The zero-order chi connectivity index (χ0) is 24.4. The van der Waals surface area contributed by atoms with Crippen molar-refractivity contribution in [2.45, 2.75) is 40.0 Å². The molecule has 3 aromatic rings. The van der Waals surface area contributed by atoms with E-state index >= 15 is 0 Å². The molecule has 2 aromatic carbocycles. The van der Waals surface area contributed by atoms with Gasteiger partial charge >= 0.3 is 0 Å². The molecule has 0 radical (unpaired) electrons.